The van der Waals surface area contributed by atoms with Gasteiger partial charge in [-0.1, -0.05) is 27.5 Å². The van der Waals surface area contributed by atoms with Crippen LogP contribution in [0.4, 0.5) is 0 Å². The molecule has 1 aromatic carbocycles. The first-order valence-corrected chi connectivity index (χ1v) is 7.59. The van der Waals surface area contributed by atoms with Crippen molar-refractivity contribution >= 4 is 39.4 Å². The van der Waals surface area contributed by atoms with E-state index in [0.29, 0.717) is 10.2 Å². The number of nitrogens with one attached hydrogen (secondary N) is 1. The Bertz CT molecular complexity index is 672. The Hall–Kier alpha value is -1.79. The van der Waals surface area contributed by atoms with Gasteiger partial charge in [0.25, 0.3) is 5.91 Å². The van der Waals surface area contributed by atoms with Gasteiger partial charge in [0.15, 0.2) is 6.61 Å². The largest absolute Gasteiger partial charge is 0.467 e. The molecule has 0 saturated carbocycles. The summed E-state index contributed by atoms with van der Waals surface area (Å²) in [6.45, 7) is 1.37. The monoisotopic (exact) mass is 385 g/mol. The molecule has 116 valence electrons. The van der Waals surface area contributed by atoms with E-state index in [9.17, 15) is 9.59 Å². The molecule has 1 amide bonds. The maximum atomic E-state index is 11.9. The van der Waals surface area contributed by atoms with Gasteiger partial charge in [-0.05, 0) is 37.3 Å². The molecule has 22 heavy (non-hydrogen) atoms. The van der Waals surface area contributed by atoms with E-state index in [1.807, 2.05) is 0 Å². The molecule has 1 aromatic heterocycles. The molecule has 7 heteroatoms. The van der Waals surface area contributed by atoms with Gasteiger partial charge in [0.05, 0.1) is 22.9 Å². The van der Waals surface area contributed by atoms with Gasteiger partial charge >= 0.3 is 5.97 Å². The Labute approximate surface area is 140 Å². The number of hydrogen-bond acceptors (Lipinski definition) is 4. The Morgan fingerprint density at radius 1 is 1.41 bits per heavy atom. The van der Waals surface area contributed by atoms with Gasteiger partial charge in [-0.2, -0.15) is 0 Å². The van der Waals surface area contributed by atoms with Gasteiger partial charge in [0, 0.05) is 4.47 Å². The second kappa shape index (κ2) is 7.47. The van der Waals surface area contributed by atoms with E-state index in [1.165, 1.54) is 12.3 Å². The van der Waals surface area contributed by atoms with Crippen molar-refractivity contribution in [3.05, 3.63) is 57.4 Å². The molecule has 0 unspecified atom stereocenters. The lowest BCUT2D eigenvalue weighted by Gasteiger charge is -2.12. The van der Waals surface area contributed by atoms with E-state index in [2.05, 4.69) is 21.2 Å². The minimum atomic E-state index is -0.660. The average molecular weight is 387 g/mol. The predicted molar refractivity (Wildman–Crippen MR) is 84.7 cm³/mol. The number of rotatable bonds is 5. The van der Waals surface area contributed by atoms with Crippen molar-refractivity contribution in [2.75, 3.05) is 6.61 Å². The first kappa shape index (κ1) is 16.6. The minimum Gasteiger partial charge on any atom is -0.467 e. The summed E-state index contributed by atoms with van der Waals surface area (Å²) in [7, 11) is 0. The maximum Gasteiger partial charge on any atom is 0.340 e. The minimum absolute atomic E-state index is 0.197. The number of amides is 1. The highest BCUT2D eigenvalue weighted by Crippen LogP contribution is 2.21. The third kappa shape index (κ3) is 4.35. The van der Waals surface area contributed by atoms with Crippen LogP contribution in [0.15, 0.2) is 45.5 Å². The van der Waals surface area contributed by atoms with Crippen molar-refractivity contribution in [3.63, 3.8) is 0 Å². The summed E-state index contributed by atoms with van der Waals surface area (Å²) in [6.07, 6.45) is 1.52. The number of esters is 1. The molecule has 2 aromatic rings. The summed E-state index contributed by atoms with van der Waals surface area (Å²) < 4.78 is 10.8. The highest BCUT2D eigenvalue weighted by molar-refractivity contribution is 9.10. The van der Waals surface area contributed by atoms with Gasteiger partial charge in [0.1, 0.15) is 5.76 Å². The molecular formula is C15H13BrClNO4. The molecule has 0 radical (unpaired) electrons. The van der Waals surface area contributed by atoms with E-state index in [-0.39, 0.29) is 16.6 Å². The van der Waals surface area contributed by atoms with Gasteiger partial charge in [-0.25, -0.2) is 4.79 Å². The van der Waals surface area contributed by atoms with Crippen molar-refractivity contribution in [2.45, 2.75) is 13.0 Å². The maximum absolute atomic E-state index is 11.9. The molecule has 1 atom stereocenters. The molecule has 0 aliphatic heterocycles. The highest BCUT2D eigenvalue weighted by atomic mass is 79.9. The van der Waals surface area contributed by atoms with Crippen LogP contribution in [0.5, 0.6) is 0 Å². The standard InChI is InChI=1S/C15H13BrClNO4/c1-9(13-3-2-6-21-13)18-14(19)8-22-15(20)11-7-10(16)4-5-12(11)17/h2-7,9H,8H2,1H3,(H,18,19)/t9-/m1/s1. The van der Waals surface area contributed by atoms with Crippen LogP contribution in [0.1, 0.15) is 29.1 Å². The Balaban J connectivity index is 1.88. The SMILES string of the molecule is C[C@@H](NC(=O)COC(=O)c1cc(Br)ccc1Cl)c1ccco1. The third-order valence-electron chi connectivity index (χ3n) is 2.83. The molecule has 0 spiro atoms. The summed E-state index contributed by atoms with van der Waals surface area (Å²) in [6, 6.07) is 7.98. The zero-order valence-corrected chi connectivity index (χ0v) is 14.0. The van der Waals surface area contributed by atoms with E-state index < -0.39 is 18.5 Å². The topological polar surface area (TPSA) is 68.5 Å². The van der Waals surface area contributed by atoms with Gasteiger partial charge in [0.2, 0.25) is 0 Å². The Kier molecular flexibility index (Phi) is 5.63. The molecular weight excluding hydrogens is 374 g/mol. The fraction of sp³-hybridized carbons (Fsp3) is 0.200. The van der Waals surface area contributed by atoms with Crippen molar-refractivity contribution in [2.24, 2.45) is 0 Å². The first-order chi connectivity index (χ1) is 10.5. The Morgan fingerprint density at radius 3 is 2.86 bits per heavy atom. The van der Waals surface area contributed by atoms with Crippen molar-refractivity contribution < 1.29 is 18.7 Å². The van der Waals surface area contributed by atoms with E-state index in [0.717, 1.165) is 0 Å². The number of hydrogen-bond donors (Lipinski definition) is 1. The van der Waals surface area contributed by atoms with Crippen LogP contribution in [0.2, 0.25) is 5.02 Å². The number of carbonyl (C=O) groups excluding carboxylic acids is 2. The van der Waals surface area contributed by atoms with Crippen LogP contribution in [0.25, 0.3) is 0 Å². The summed E-state index contributed by atoms with van der Waals surface area (Å²) in [4.78, 5) is 23.7. The van der Waals surface area contributed by atoms with Crippen LogP contribution in [-0.4, -0.2) is 18.5 Å². The number of halogens is 2. The predicted octanol–water partition coefficient (Wildman–Crippen LogP) is 3.73. The van der Waals surface area contributed by atoms with Crippen LogP contribution >= 0.6 is 27.5 Å². The van der Waals surface area contributed by atoms with Gasteiger partial charge in [-0.3, -0.25) is 4.79 Å². The quantitative estimate of drug-likeness (QED) is 0.795. The van der Waals surface area contributed by atoms with Gasteiger partial charge in [-0.15, -0.1) is 0 Å². The second-order valence-corrected chi connectivity index (χ2v) is 5.83. The van der Waals surface area contributed by atoms with Crippen LogP contribution in [0, 0.1) is 0 Å². The van der Waals surface area contributed by atoms with Crippen LogP contribution in [-0.2, 0) is 9.53 Å². The fourth-order valence-electron chi connectivity index (χ4n) is 1.75. The number of ether oxygens (including phenoxy) is 1. The molecule has 0 aliphatic carbocycles. The van der Waals surface area contributed by atoms with E-state index in [1.54, 1.807) is 31.2 Å². The molecule has 0 aliphatic rings. The van der Waals surface area contributed by atoms with Crippen molar-refractivity contribution in [1.82, 2.24) is 5.32 Å². The average Bonchev–Trinajstić information content (AvgIpc) is 3.01. The molecule has 1 N–H and O–H groups in total. The summed E-state index contributed by atoms with van der Waals surface area (Å²) in [5.41, 5.74) is 0.197. The summed E-state index contributed by atoms with van der Waals surface area (Å²) in [5, 5.41) is 2.92. The number of carbonyl (C=O) groups is 2. The normalized spacial score (nSPS) is 11.8. The summed E-state index contributed by atoms with van der Waals surface area (Å²) >= 11 is 9.17. The molecule has 2 rings (SSSR count). The number of furan rings is 1. The molecule has 5 nitrogen and oxygen atoms in total. The number of benzene rings is 1. The fourth-order valence-corrected chi connectivity index (χ4v) is 2.31. The zero-order chi connectivity index (χ0) is 16.1. The van der Waals surface area contributed by atoms with Crippen LogP contribution < -0.4 is 5.32 Å². The lowest BCUT2D eigenvalue weighted by Crippen LogP contribution is -2.31. The van der Waals surface area contributed by atoms with Gasteiger partial charge < -0.3 is 14.5 Å². The lowest BCUT2D eigenvalue weighted by molar-refractivity contribution is -0.125. The second-order valence-electron chi connectivity index (χ2n) is 4.50. The molecule has 0 fully saturated rings. The van der Waals surface area contributed by atoms with Crippen molar-refractivity contribution in [3.8, 4) is 0 Å². The first-order valence-electron chi connectivity index (χ1n) is 6.42. The van der Waals surface area contributed by atoms with E-state index >= 15 is 0 Å². The smallest absolute Gasteiger partial charge is 0.340 e. The lowest BCUT2D eigenvalue weighted by atomic mass is 10.2. The molecule has 0 saturated heterocycles. The van der Waals surface area contributed by atoms with Crippen molar-refractivity contribution in [1.29, 1.82) is 0 Å². The molecule has 1 heterocycles. The Morgan fingerprint density at radius 2 is 2.18 bits per heavy atom. The van der Waals surface area contributed by atoms with E-state index in [4.69, 9.17) is 20.8 Å². The van der Waals surface area contributed by atoms with Crippen LogP contribution in [0.3, 0.4) is 0 Å². The third-order valence-corrected chi connectivity index (χ3v) is 3.65. The highest BCUT2D eigenvalue weighted by Gasteiger charge is 2.16. The zero-order valence-electron chi connectivity index (χ0n) is 11.6. The molecule has 0 bridgehead atoms. The summed E-state index contributed by atoms with van der Waals surface area (Å²) in [5.74, 6) is -0.467.